The van der Waals surface area contributed by atoms with Crippen molar-refractivity contribution in [1.82, 2.24) is 4.98 Å². The number of hydrogen-bond acceptors (Lipinski definition) is 6. The Bertz CT molecular complexity index is 376. The van der Waals surface area contributed by atoms with Crippen molar-refractivity contribution in [3.63, 3.8) is 0 Å². The molecule has 76 valence electrons. The molecule has 6 N–H and O–H groups in total. The standard InChI is InChI=1S/C6H8N4O2S2/c7-2(11)1-13-6-10-4(8)3(14-6)5(9)12/h1,8H2,(H2,7,11)(H2,9,12). The van der Waals surface area contributed by atoms with Crippen molar-refractivity contribution in [2.45, 2.75) is 4.34 Å². The highest BCUT2D eigenvalue weighted by Crippen LogP contribution is 2.28. The van der Waals surface area contributed by atoms with Crippen molar-refractivity contribution in [2.24, 2.45) is 11.5 Å². The summed E-state index contributed by atoms with van der Waals surface area (Å²) in [6, 6.07) is 0. The summed E-state index contributed by atoms with van der Waals surface area (Å²) in [7, 11) is 0. The van der Waals surface area contributed by atoms with Crippen LogP contribution in [0.5, 0.6) is 0 Å². The number of nitrogens with zero attached hydrogens (tertiary/aromatic N) is 1. The molecule has 0 aromatic carbocycles. The van der Waals surface area contributed by atoms with E-state index in [1.165, 1.54) is 0 Å². The highest BCUT2D eigenvalue weighted by atomic mass is 32.2. The topological polar surface area (TPSA) is 125 Å². The van der Waals surface area contributed by atoms with E-state index in [1.54, 1.807) is 0 Å². The maximum Gasteiger partial charge on any atom is 0.262 e. The fraction of sp³-hybridized carbons (Fsp3) is 0.167. The second kappa shape index (κ2) is 4.29. The first kappa shape index (κ1) is 10.8. The number of thioether (sulfide) groups is 1. The average molecular weight is 232 g/mol. The largest absolute Gasteiger partial charge is 0.382 e. The van der Waals surface area contributed by atoms with Crippen LogP contribution in [-0.2, 0) is 4.79 Å². The highest BCUT2D eigenvalue weighted by Gasteiger charge is 2.13. The number of anilines is 1. The normalized spacial score (nSPS) is 10.0. The first-order valence-corrected chi connectivity index (χ1v) is 5.28. The van der Waals surface area contributed by atoms with Gasteiger partial charge in [-0.15, -0.1) is 11.3 Å². The summed E-state index contributed by atoms with van der Waals surface area (Å²) in [5.74, 6) is -0.879. The molecule has 1 rings (SSSR count). The number of amides is 2. The molecule has 8 heteroatoms. The monoisotopic (exact) mass is 232 g/mol. The van der Waals surface area contributed by atoms with Crippen LogP contribution in [0.4, 0.5) is 5.82 Å². The number of carbonyl (C=O) groups excluding carboxylic acids is 2. The van der Waals surface area contributed by atoms with Crippen LogP contribution in [0, 0.1) is 0 Å². The molecule has 0 aliphatic carbocycles. The Hall–Kier alpha value is -1.28. The van der Waals surface area contributed by atoms with Crippen molar-refractivity contribution in [1.29, 1.82) is 0 Å². The van der Waals surface area contributed by atoms with Gasteiger partial charge in [0.1, 0.15) is 10.7 Å². The third-order valence-electron chi connectivity index (χ3n) is 1.20. The molecule has 0 radical (unpaired) electrons. The molecular weight excluding hydrogens is 224 g/mol. The Labute approximate surface area is 87.9 Å². The predicted molar refractivity (Wildman–Crippen MR) is 55.0 cm³/mol. The highest BCUT2D eigenvalue weighted by molar-refractivity contribution is 8.01. The number of thiazole rings is 1. The van der Waals surface area contributed by atoms with Crippen molar-refractivity contribution in [3.8, 4) is 0 Å². The summed E-state index contributed by atoms with van der Waals surface area (Å²) < 4.78 is 0.509. The Morgan fingerprint density at radius 1 is 1.43 bits per heavy atom. The Morgan fingerprint density at radius 2 is 2.07 bits per heavy atom. The van der Waals surface area contributed by atoms with E-state index in [2.05, 4.69) is 4.98 Å². The summed E-state index contributed by atoms with van der Waals surface area (Å²) in [6.45, 7) is 0. The molecule has 0 atom stereocenters. The van der Waals surface area contributed by atoms with Crippen molar-refractivity contribution in [2.75, 3.05) is 11.5 Å². The number of hydrogen-bond donors (Lipinski definition) is 3. The SMILES string of the molecule is NC(=O)CSc1nc(N)c(C(N)=O)s1. The second-order valence-corrected chi connectivity index (χ2v) is 4.53. The molecule has 0 saturated carbocycles. The Balaban J connectivity index is 2.76. The molecule has 2 amide bonds. The lowest BCUT2D eigenvalue weighted by atomic mass is 10.5. The van der Waals surface area contributed by atoms with Crippen LogP contribution in [0.25, 0.3) is 0 Å². The van der Waals surface area contributed by atoms with Gasteiger partial charge in [-0.2, -0.15) is 0 Å². The summed E-state index contributed by atoms with van der Waals surface area (Å²) in [5.41, 5.74) is 15.4. The zero-order valence-corrected chi connectivity index (χ0v) is 8.65. The van der Waals surface area contributed by atoms with Crippen LogP contribution in [0.1, 0.15) is 9.67 Å². The number of rotatable bonds is 4. The molecule has 0 fully saturated rings. The van der Waals surface area contributed by atoms with Gasteiger partial charge in [-0.05, 0) is 0 Å². The van der Waals surface area contributed by atoms with Crippen LogP contribution in [0.3, 0.4) is 0 Å². The maximum atomic E-state index is 10.8. The molecule has 0 saturated heterocycles. The molecule has 14 heavy (non-hydrogen) atoms. The van der Waals surface area contributed by atoms with Crippen LogP contribution < -0.4 is 17.2 Å². The fourth-order valence-electron chi connectivity index (χ4n) is 0.683. The van der Waals surface area contributed by atoms with Gasteiger partial charge in [0, 0.05) is 0 Å². The van der Waals surface area contributed by atoms with Gasteiger partial charge in [-0.1, -0.05) is 11.8 Å². The lowest BCUT2D eigenvalue weighted by molar-refractivity contribution is -0.115. The number of primary amides is 2. The van der Waals surface area contributed by atoms with E-state index in [0.29, 0.717) is 4.34 Å². The smallest absolute Gasteiger partial charge is 0.262 e. The third-order valence-corrected chi connectivity index (χ3v) is 3.45. The minimum Gasteiger partial charge on any atom is -0.382 e. The van der Waals surface area contributed by atoms with E-state index in [1.807, 2.05) is 0 Å². The minimum absolute atomic E-state index is 0.0921. The zero-order valence-electron chi connectivity index (χ0n) is 7.02. The van der Waals surface area contributed by atoms with Crippen LogP contribution >= 0.6 is 23.1 Å². The molecule has 0 spiro atoms. The van der Waals surface area contributed by atoms with Gasteiger partial charge in [-0.3, -0.25) is 9.59 Å². The fourth-order valence-corrected chi connectivity index (χ4v) is 2.34. The van der Waals surface area contributed by atoms with Crippen LogP contribution in [0.15, 0.2) is 4.34 Å². The van der Waals surface area contributed by atoms with Gasteiger partial charge >= 0.3 is 0 Å². The van der Waals surface area contributed by atoms with Crippen molar-refractivity contribution in [3.05, 3.63) is 4.88 Å². The summed E-state index contributed by atoms with van der Waals surface area (Å²) in [5, 5.41) is 0. The first-order valence-electron chi connectivity index (χ1n) is 3.48. The molecule has 1 heterocycles. The van der Waals surface area contributed by atoms with E-state index in [0.717, 1.165) is 23.1 Å². The molecular formula is C6H8N4O2S2. The number of carbonyl (C=O) groups is 2. The molecule has 0 aliphatic rings. The summed E-state index contributed by atoms with van der Waals surface area (Å²) in [6.07, 6.45) is 0. The van der Waals surface area contributed by atoms with E-state index >= 15 is 0 Å². The molecule has 1 aromatic heterocycles. The zero-order chi connectivity index (χ0) is 10.7. The Morgan fingerprint density at radius 3 is 2.50 bits per heavy atom. The van der Waals surface area contributed by atoms with Gasteiger partial charge in [0.25, 0.3) is 5.91 Å². The number of nitrogen functional groups attached to an aromatic ring is 1. The lowest BCUT2D eigenvalue weighted by Crippen LogP contribution is -2.12. The number of nitrogens with two attached hydrogens (primary N) is 3. The van der Waals surface area contributed by atoms with Gasteiger partial charge < -0.3 is 17.2 Å². The average Bonchev–Trinajstić information content (AvgIpc) is 2.43. The third kappa shape index (κ3) is 2.60. The summed E-state index contributed by atoms with van der Waals surface area (Å²) in [4.78, 5) is 25.3. The molecule has 1 aromatic rings. The van der Waals surface area contributed by atoms with E-state index in [4.69, 9.17) is 17.2 Å². The van der Waals surface area contributed by atoms with Crippen molar-refractivity contribution < 1.29 is 9.59 Å². The van der Waals surface area contributed by atoms with Crippen LogP contribution in [-0.4, -0.2) is 22.6 Å². The molecule has 0 aliphatic heterocycles. The van der Waals surface area contributed by atoms with E-state index in [-0.39, 0.29) is 16.4 Å². The minimum atomic E-state index is -0.620. The molecule has 0 bridgehead atoms. The van der Waals surface area contributed by atoms with Crippen molar-refractivity contribution >= 4 is 40.7 Å². The van der Waals surface area contributed by atoms with Crippen LogP contribution in [0.2, 0.25) is 0 Å². The van der Waals surface area contributed by atoms with Gasteiger partial charge in [0.05, 0.1) is 5.75 Å². The quantitative estimate of drug-likeness (QED) is 0.598. The van der Waals surface area contributed by atoms with Gasteiger partial charge in [-0.25, -0.2) is 4.98 Å². The first-order chi connectivity index (χ1) is 6.50. The van der Waals surface area contributed by atoms with Gasteiger partial charge in [0.2, 0.25) is 5.91 Å². The second-order valence-electron chi connectivity index (χ2n) is 2.31. The van der Waals surface area contributed by atoms with Gasteiger partial charge in [0.15, 0.2) is 4.34 Å². The molecule has 0 unspecified atom stereocenters. The van der Waals surface area contributed by atoms with E-state index < -0.39 is 11.8 Å². The predicted octanol–water partition coefficient (Wildman–Crippen LogP) is -0.598. The maximum absolute atomic E-state index is 10.8. The lowest BCUT2D eigenvalue weighted by Gasteiger charge is -1.89. The molecule has 6 nitrogen and oxygen atoms in total. The summed E-state index contributed by atoms with van der Waals surface area (Å²) >= 11 is 2.18. The number of aromatic nitrogens is 1. The van der Waals surface area contributed by atoms with E-state index in [9.17, 15) is 9.59 Å². The Kier molecular flexibility index (Phi) is 3.31.